The number of halogens is 1. The minimum atomic E-state index is -0.680. The first-order chi connectivity index (χ1) is 16.0. The predicted molar refractivity (Wildman–Crippen MR) is 121 cm³/mol. The van der Waals surface area contributed by atoms with Gasteiger partial charge >= 0.3 is 0 Å². The quantitative estimate of drug-likeness (QED) is 0.637. The number of aromatic nitrogens is 3. The number of thiazole rings is 1. The number of nitrogens with zero attached hydrogens (tertiary/aromatic N) is 4. The standard InChI is InChI=1S/C22H24ClN5O4S/c23-12-9-28(17-14(29)10-32-18(12)17)22(31)15(11-4-2-1-3-5-11)16-19(13-8-25-6-7-26-13)33-21(27-16)20(24)30/h6-8,11-12,15,17-18H,1-5,9-10H2,(H2,24,30)/t12-,15-,17+,18+/m0/s1. The van der Waals surface area contributed by atoms with Crippen LogP contribution in [0.25, 0.3) is 10.6 Å². The molecule has 4 atom stereocenters. The minimum Gasteiger partial charge on any atom is -0.366 e. The average molecular weight is 490 g/mol. The van der Waals surface area contributed by atoms with Crippen LogP contribution >= 0.6 is 22.9 Å². The number of carbonyl (C=O) groups is 3. The van der Waals surface area contributed by atoms with E-state index in [9.17, 15) is 14.4 Å². The topological polar surface area (TPSA) is 128 Å². The molecule has 0 bridgehead atoms. The highest BCUT2D eigenvalue weighted by molar-refractivity contribution is 7.17. The van der Waals surface area contributed by atoms with Crippen LogP contribution in [0.4, 0.5) is 0 Å². The van der Waals surface area contributed by atoms with Crippen molar-refractivity contribution in [3.05, 3.63) is 29.3 Å². The SMILES string of the molecule is NC(=O)c1nc([C@@H](C(=O)N2C[C@H](Cl)[C@H]3OCC(=O)[C@H]32)C2CCCCC2)c(-c2cnccn2)s1. The van der Waals surface area contributed by atoms with E-state index in [0.29, 0.717) is 16.3 Å². The molecule has 2 aromatic heterocycles. The van der Waals surface area contributed by atoms with Gasteiger partial charge in [-0.1, -0.05) is 19.3 Å². The highest BCUT2D eigenvalue weighted by atomic mass is 35.5. The summed E-state index contributed by atoms with van der Waals surface area (Å²) in [6.07, 6.45) is 9.04. The molecule has 2 aromatic rings. The molecule has 0 spiro atoms. The van der Waals surface area contributed by atoms with E-state index < -0.39 is 29.3 Å². The number of rotatable bonds is 5. The van der Waals surface area contributed by atoms with E-state index >= 15 is 0 Å². The molecule has 174 valence electrons. The van der Waals surface area contributed by atoms with Crippen molar-refractivity contribution in [3.63, 3.8) is 0 Å². The maximum absolute atomic E-state index is 14.1. The second kappa shape index (κ2) is 9.08. The molecule has 2 amide bonds. The van der Waals surface area contributed by atoms with Gasteiger partial charge in [0.1, 0.15) is 24.4 Å². The third kappa shape index (κ3) is 4.04. The Hall–Kier alpha value is -2.43. The molecule has 2 aliphatic heterocycles. The maximum atomic E-state index is 14.1. The summed E-state index contributed by atoms with van der Waals surface area (Å²) in [4.78, 5) is 53.9. The van der Waals surface area contributed by atoms with Gasteiger partial charge in [-0.3, -0.25) is 24.4 Å². The molecule has 3 fully saturated rings. The lowest BCUT2D eigenvalue weighted by Gasteiger charge is -2.33. The van der Waals surface area contributed by atoms with Gasteiger partial charge in [-0.2, -0.15) is 0 Å². The number of ketones is 1. The maximum Gasteiger partial charge on any atom is 0.277 e. The first kappa shape index (κ1) is 22.4. The number of hydrogen-bond donors (Lipinski definition) is 1. The Kier molecular flexibility index (Phi) is 6.15. The lowest BCUT2D eigenvalue weighted by atomic mass is 9.77. The van der Waals surface area contributed by atoms with Gasteiger partial charge in [-0.15, -0.1) is 22.9 Å². The fourth-order valence-electron chi connectivity index (χ4n) is 5.26. The molecule has 9 nitrogen and oxygen atoms in total. The first-order valence-electron chi connectivity index (χ1n) is 11.1. The summed E-state index contributed by atoms with van der Waals surface area (Å²) in [6, 6.07) is -0.680. The van der Waals surface area contributed by atoms with Crippen LogP contribution in [0.2, 0.25) is 0 Å². The van der Waals surface area contributed by atoms with Crippen molar-refractivity contribution in [1.29, 1.82) is 0 Å². The third-order valence-electron chi connectivity index (χ3n) is 6.75. The molecule has 2 saturated heterocycles. The van der Waals surface area contributed by atoms with Crippen molar-refractivity contribution in [2.24, 2.45) is 11.7 Å². The molecule has 0 aromatic carbocycles. The zero-order chi connectivity index (χ0) is 23.1. The zero-order valence-electron chi connectivity index (χ0n) is 17.9. The van der Waals surface area contributed by atoms with Crippen LogP contribution in [0, 0.1) is 5.92 Å². The molecule has 5 rings (SSSR count). The van der Waals surface area contributed by atoms with Gasteiger partial charge in [0.05, 0.1) is 28.1 Å². The molecule has 2 N–H and O–H groups in total. The Labute approximate surface area is 199 Å². The fraction of sp³-hybridized carbons (Fsp3) is 0.545. The van der Waals surface area contributed by atoms with Gasteiger partial charge in [-0.05, 0) is 18.8 Å². The molecule has 4 heterocycles. The number of hydrogen-bond acceptors (Lipinski definition) is 8. The molecule has 0 radical (unpaired) electrons. The van der Waals surface area contributed by atoms with E-state index in [4.69, 9.17) is 22.1 Å². The van der Waals surface area contributed by atoms with Crippen LogP contribution in [0.5, 0.6) is 0 Å². The van der Waals surface area contributed by atoms with Crippen LogP contribution in [0.1, 0.15) is 53.5 Å². The number of ether oxygens (including phenoxy) is 1. The summed E-state index contributed by atoms with van der Waals surface area (Å²) in [5.74, 6) is -1.61. The van der Waals surface area contributed by atoms with E-state index in [2.05, 4.69) is 15.0 Å². The van der Waals surface area contributed by atoms with Gasteiger partial charge in [0.25, 0.3) is 5.91 Å². The van der Waals surface area contributed by atoms with E-state index in [-0.39, 0.29) is 35.8 Å². The van der Waals surface area contributed by atoms with E-state index in [0.717, 1.165) is 43.4 Å². The Balaban J connectivity index is 1.60. The Morgan fingerprint density at radius 3 is 2.73 bits per heavy atom. The molecule has 3 aliphatic rings. The largest absolute Gasteiger partial charge is 0.366 e. The Bertz CT molecular complexity index is 1070. The molecule has 1 saturated carbocycles. The molecule has 0 unspecified atom stereocenters. The smallest absolute Gasteiger partial charge is 0.277 e. The number of nitrogens with two attached hydrogens (primary N) is 1. The molecule has 33 heavy (non-hydrogen) atoms. The van der Waals surface area contributed by atoms with Crippen molar-refractivity contribution in [2.45, 2.75) is 55.5 Å². The highest BCUT2D eigenvalue weighted by Gasteiger charge is 2.53. The van der Waals surface area contributed by atoms with Crippen molar-refractivity contribution in [3.8, 4) is 10.6 Å². The van der Waals surface area contributed by atoms with Crippen LogP contribution in [-0.2, 0) is 14.3 Å². The van der Waals surface area contributed by atoms with Crippen LogP contribution in [-0.4, -0.2) is 68.1 Å². The number of likely N-dealkylation sites (tertiary alicyclic amines) is 1. The normalized spacial score (nSPS) is 26.4. The lowest BCUT2D eigenvalue weighted by Crippen LogP contribution is -2.46. The molecule has 11 heteroatoms. The van der Waals surface area contributed by atoms with Gasteiger partial charge in [0.15, 0.2) is 10.8 Å². The highest BCUT2D eigenvalue weighted by Crippen LogP contribution is 2.44. The van der Waals surface area contributed by atoms with Crippen LogP contribution in [0.3, 0.4) is 0 Å². The van der Waals surface area contributed by atoms with Gasteiger partial charge in [0.2, 0.25) is 5.91 Å². The number of Topliss-reactive ketones (excluding diaryl/α,β-unsaturated/α-hetero) is 1. The zero-order valence-corrected chi connectivity index (χ0v) is 19.4. The van der Waals surface area contributed by atoms with Crippen molar-refractivity contribution in [2.75, 3.05) is 13.2 Å². The predicted octanol–water partition coefficient (Wildman–Crippen LogP) is 2.15. The van der Waals surface area contributed by atoms with Crippen LogP contribution in [0.15, 0.2) is 18.6 Å². The van der Waals surface area contributed by atoms with E-state index in [1.807, 2.05) is 0 Å². The number of alkyl halides is 1. The van der Waals surface area contributed by atoms with Crippen molar-refractivity contribution >= 4 is 40.5 Å². The Morgan fingerprint density at radius 2 is 2.03 bits per heavy atom. The summed E-state index contributed by atoms with van der Waals surface area (Å²) in [5.41, 5.74) is 6.56. The summed E-state index contributed by atoms with van der Waals surface area (Å²) in [6.45, 7) is 0.196. The number of fused-ring (bicyclic) bond motifs is 1. The first-order valence-corrected chi connectivity index (χ1v) is 12.4. The summed E-state index contributed by atoms with van der Waals surface area (Å²) in [7, 11) is 0. The summed E-state index contributed by atoms with van der Waals surface area (Å²) in [5, 5.41) is -0.331. The monoisotopic (exact) mass is 489 g/mol. The van der Waals surface area contributed by atoms with Gasteiger partial charge in [0, 0.05) is 18.9 Å². The second-order valence-electron chi connectivity index (χ2n) is 8.76. The number of carbonyl (C=O) groups excluding carboxylic acids is 3. The Morgan fingerprint density at radius 1 is 1.24 bits per heavy atom. The average Bonchev–Trinajstić information content (AvgIpc) is 3.52. The van der Waals surface area contributed by atoms with Crippen LogP contribution < -0.4 is 5.73 Å². The molecule has 1 aliphatic carbocycles. The van der Waals surface area contributed by atoms with Gasteiger partial charge < -0.3 is 15.4 Å². The lowest BCUT2D eigenvalue weighted by molar-refractivity contribution is -0.139. The summed E-state index contributed by atoms with van der Waals surface area (Å²) >= 11 is 7.58. The van der Waals surface area contributed by atoms with E-state index in [1.165, 1.54) is 0 Å². The third-order valence-corrected chi connectivity index (χ3v) is 8.24. The molecular weight excluding hydrogens is 466 g/mol. The summed E-state index contributed by atoms with van der Waals surface area (Å²) < 4.78 is 5.57. The fourth-order valence-corrected chi connectivity index (χ4v) is 6.54. The van der Waals surface area contributed by atoms with Crippen molar-refractivity contribution in [1.82, 2.24) is 19.9 Å². The second-order valence-corrected chi connectivity index (χ2v) is 10.3. The van der Waals surface area contributed by atoms with Crippen molar-refractivity contribution < 1.29 is 19.1 Å². The van der Waals surface area contributed by atoms with E-state index in [1.54, 1.807) is 23.5 Å². The number of primary amides is 1. The molecular formula is C22H24ClN5O4S. The minimum absolute atomic E-state index is 0.0229. The number of amides is 2. The van der Waals surface area contributed by atoms with Gasteiger partial charge in [-0.25, -0.2) is 4.98 Å².